The molecule has 0 spiro atoms. The van der Waals surface area contributed by atoms with E-state index in [1.165, 1.54) is 46.1 Å². The average Bonchev–Trinajstić information content (AvgIpc) is 3.26. The molecule has 0 saturated carbocycles. The molecular formula is C23H25FN4O4S. The lowest BCUT2D eigenvalue weighted by atomic mass is 10.2. The maximum Gasteiger partial charge on any atom is 0.330 e. The Hall–Kier alpha value is -3.50. The predicted octanol–water partition coefficient (Wildman–Crippen LogP) is 3.09. The predicted molar refractivity (Wildman–Crippen MR) is 129 cm³/mol. The lowest BCUT2D eigenvalue weighted by Crippen LogP contribution is -2.42. The third kappa shape index (κ3) is 5.65. The van der Waals surface area contributed by atoms with Gasteiger partial charge in [-0.15, -0.1) is 11.3 Å². The van der Waals surface area contributed by atoms with E-state index >= 15 is 0 Å². The van der Waals surface area contributed by atoms with Gasteiger partial charge in [0.2, 0.25) is 0 Å². The lowest BCUT2D eigenvalue weighted by Gasteiger charge is -2.23. The molecule has 0 atom stereocenters. The van der Waals surface area contributed by atoms with Crippen LogP contribution >= 0.6 is 11.3 Å². The van der Waals surface area contributed by atoms with E-state index in [4.69, 9.17) is 10.5 Å². The molecule has 0 radical (unpaired) electrons. The van der Waals surface area contributed by atoms with Crippen molar-refractivity contribution in [2.24, 2.45) is 0 Å². The van der Waals surface area contributed by atoms with Gasteiger partial charge < -0.3 is 10.5 Å². The van der Waals surface area contributed by atoms with Gasteiger partial charge in [-0.25, -0.2) is 9.18 Å². The maximum absolute atomic E-state index is 13.2. The number of carbonyl (C=O) groups excluding carboxylic acids is 1. The van der Waals surface area contributed by atoms with Crippen LogP contribution in [-0.2, 0) is 16.1 Å². The second kappa shape index (κ2) is 10.9. The Kier molecular flexibility index (Phi) is 7.96. The number of anilines is 2. The summed E-state index contributed by atoms with van der Waals surface area (Å²) in [6.45, 7) is 2.41. The van der Waals surface area contributed by atoms with Gasteiger partial charge in [0, 0.05) is 36.0 Å². The van der Waals surface area contributed by atoms with Crippen LogP contribution in [0.2, 0.25) is 0 Å². The van der Waals surface area contributed by atoms with E-state index in [1.807, 2.05) is 19.1 Å². The monoisotopic (exact) mass is 472 g/mol. The molecule has 0 aliphatic carbocycles. The second-order valence-electron chi connectivity index (χ2n) is 7.17. The molecule has 0 saturated heterocycles. The second-order valence-corrected chi connectivity index (χ2v) is 8.29. The highest BCUT2D eigenvalue weighted by Gasteiger charge is 2.22. The fourth-order valence-electron chi connectivity index (χ4n) is 3.25. The standard InChI is InChI=1S/C23H25FN4O4S/c1-3-12-28-21(25)20(22(30)26-23(28)31)27(13-14-32-2)19(29)11-9-17-8-10-18(33-17)15-4-6-16(24)7-5-15/h4-11H,3,12-14,25H2,1-2H3,(H,26,30,31). The number of halogens is 1. The number of aromatic amines is 1. The van der Waals surface area contributed by atoms with Crippen molar-refractivity contribution in [3.05, 3.63) is 74.0 Å². The zero-order chi connectivity index (χ0) is 24.0. The molecule has 3 rings (SSSR count). The molecule has 33 heavy (non-hydrogen) atoms. The normalized spacial score (nSPS) is 11.2. The quantitative estimate of drug-likeness (QED) is 0.465. The van der Waals surface area contributed by atoms with E-state index in [2.05, 4.69) is 4.98 Å². The van der Waals surface area contributed by atoms with Crippen molar-refractivity contribution in [1.82, 2.24) is 9.55 Å². The Bertz CT molecular complexity index is 1260. The smallest absolute Gasteiger partial charge is 0.330 e. The number of hydrogen-bond acceptors (Lipinski definition) is 6. The largest absolute Gasteiger partial charge is 0.383 e. The van der Waals surface area contributed by atoms with Crippen molar-refractivity contribution in [2.75, 3.05) is 30.9 Å². The third-order valence-electron chi connectivity index (χ3n) is 4.86. The minimum absolute atomic E-state index is 0.0711. The number of carbonyl (C=O) groups is 1. The van der Waals surface area contributed by atoms with Crippen LogP contribution in [0.3, 0.4) is 0 Å². The van der Waals surface area contributed by atoms with Crippen molar-refractivity contribution >= 4 is 34.8 Å². The number of H-pyrrole nitrogens is 1. The summed E-state index contributed by atoms with van der Waals surface area (Å²) < 4.78 is 19.5. The first kappa shape index (κ1) is 24.1. The zero-order valence-electron chi connectivity index (χ0n) is 18.3. The number of aromatic nitrogens is 2. The van der Waals surface area contributed by atoms with Crippen LogP contribution < -0.4 is 21.9 Å². The van der Waals surface area contributed by atoms with E-state index in [9.17, 15) is 18.8 Å². The van der Waals surface area contributed by atoms with Crippen LogP contribution in [0.4, 0.5) is 15.9 Å². The summed E-state index contributed by atoms with van der Waals surface area (Å²) in [6, 6.07) is 9.88. The molecule has 0 aliphatic heterocycles. The molecular weight excluding hydrogens is 447 g/mol. The molecule has 10 heteroatoms. The minimum Gasteiger partial charge on any atom is -0.383 e. The molecule has 0 bridgehead atoms. The van der Waals surface area contributed by atoms with Gasteiger partial charge in [-0.05, 0) is 42.3 Å². The Labute approximate surface area is 193 Å². The zero-order valence-corrected chi connectivity index (χ0v) is 19.2. The fraction of sp³-hybridized carbons (Fsp3) is 0.261. The van der Waals surface area contributed by atoms with Crippen LogP contribution in [-0.4, -0.2) is 35.7 Å². The first-order chi connectivity index (χ1) is 15.8. The number of nitrogens with one attached hydrogen (secondary N) is 1. The van der Waals surface area contributed by atoms with Gasteiger partial charge in [-0.2, -0.15) is 0 Å². The van der Waals surface area contributed by atoms with Gasteiger partial charge in [-0.1, -0.05) is 19.1 Å². The van der Waals surface area contributed by atoms with Crippen LogP contribution in [0.1, 0.15) is 18.2 Å². The molecule has 8 nitrogen and oxygen atoms in total. The summed E-state index contributed by atoms with van der Waals surface area (Å²) in [5, 5.41) is 0. The Morgan fingerprint density at radius 2 is 1.97 bits per heavy atom. The number of nitrogens with zero attached hydrogens (tertiary/aromatic N) is 2. The molecule has 0 unspecified atom stereocenters. The molecule has 0 fully saturated rings. The number of hydrogen-bond donors (Lipinski definition) is 2. The number of amides is 1. The van der Waals surface area contributed by atoms with Gasteiger partial charge in [0.25, 0.3) is 11.5 Å². The number of ether oxygens (including phenoxy) is 1. The number of rotatable bonds is 9. The average molecular weight is 473 g/mol. The SMILES string of the molecule is CCCn1c(N)c(N(CCOC)C(=O)C=Cc2ccc(-c3ccc(F)cc3)s2)c(=O)[nH]c1=O. The molecule has 3 N–H and O–H groups in total. The van der Waals surface area contributed by atoms with E-state index in [0.29, 0.717) is 13.0 Å². The van der Waals surface area contributed by atoms with Crippen molar-refractivity contribution in [1.29, 1.82) is 0 Å². The molecule has 2 heterocycles. The summed E-state index contributed by atoms with van der Waals surface area (Å²) in [7, 11) is 1.48. The summed E-state index contributed by atoms with van der Waals surface area (Å²) in [5.41, 5.74) is 5.54. The fourth-order valence-corrected chi connectivity index (χ4v) is 4.17. The summed E-state index contributed by atoms with van der Waals surface area (Å²) in [5.74, 6) is -0.863. The van der Waals surface area contributed by atoms with Gasteiger partial charge >= 0.3 is 5.69 Å². The topological polar surface area (TPSA) is 110 Å². The van der Waals surface area contributed by atoms with Crippen LogP contribution in [0.15, 0.2) is 52.1 Å². The number of nitrogens with two attached hydrogens (primary N) is 1. The van der Waals surface area contributed by atoms with Crippen molar-refractivity contribution in [3.8, 4) is 10.4 Å². The number of thiophene rings is 1. The van der Waals surface area contributed by atoms with Crippen LogP contribution in [0.25, 0.3) is 16.5 Å². The number of benzene rings is 1. The highest BCUT2D eigenvalue weighted by molar-refractivity contribution is 7.16. The summed E-state index contributed by atoms with van der Waals surface area (Å²) >= 11 is 1.43. The van der Waals surface area contributed by atoms with Gasteiger partial charge in [0.1, 0.15) is 11.6 Å². The van der Waals surface area contributed by atoms with Gasteiger partial charge in [0.15, 0.2) is 5.69 Å². The molecule has 174 valence electrons. The lowest BCUT2D eigenvalue weighted by molar-refractivity contribution is -0.114. The highest BCUT2D eigenvalue weighted by Crippen LogP contribution is 2.29. The number of methoxy groups -OCH3 is 1. The van der Waals surface area contributed by atoms with E-state index in [1.54, 1.807) is 18.2 Å². The molecule has 0 aliphatic rings. The van der Waals surface area contributed by atoms with Crippen LogP contribution in [0, 0.1) is 5.82 Å². The molecule has 3 aromatic rings. The van der Waals surface area contributed by atoms with Crippen molar-refractivity contribution < 1.29 is 13.9 Å². The Balaban J connectivity index is 1.90. The molecule has 1 aromatic carbocycles. The minimum atomic E-state index is -0.738. The van der Waals surface area contributed by atoms with E-state index in [0.717, 1.165) is 15.3 Å². The van der Waals surface area contributed by atoms with Crippen molar-refractivity contribution in [2.45, 2.75) is 19.9 Å². The number of nitrogen functional groups attached to an aromatic ring is 1. The van der Waals surface area contributed by atoms with E-state index < -0.39 is 17.2 Å². The molecule has 2 aromatic heterocycles. The summed E-state index contributed by atoms with van der Waals surface area (Å²) in [6.07, 6.45) is 3.59. The summed E-state index contributed by atoms with van der Waals surface area (Å²) in [4.78, 5) is 42.9. The Morgan fingerprint density at radius 3 is 2.64 bits per heavy atom. The van der Waals surface area contributed by atoms with Crippen LogP contribution in [0.5, 0.6) is 0 Å². The maximum atomic E-state index is 13.2. The van der Waals surface area contributed by atoms with E-state index in [-0.39, 0.29) is 30.5 Å². The Morgan fingerprint density at radius 1 is 1.24 bits per heavy atom. The highest BCUT2D eigenvalue weighted by atomic mass is 32.1. The first-order valence-electron chi connectivity index (χ1n) is 10.3. The van der Waals surface area contributed by atoms with Gasteiger partial charge in [-0.3, -0.25) is 24.0 Å². The van der Waals surface area contributed by atoms with Crippen molar-refractivity contribution in [3.63, 3.8) is 0 Å². The third-order valence-corrected chi connectivity index (χ3v) is 5.96. The van der Waals surface area contributed by atoms with Gasteiger partial charge in [0.05, 0.1) is 6.61 Å². The molecule has 1 amide bonds. The first-order valence-corrected chi connectivity index (χ1v) is 11.1.